The van der Waals surface area contributed by atoms with Gasteiger partial charge in [0.2, 0.25) is 0 Å². The van der Waals surface area contributed by atoms with Crippen molar-refractivity contribution in [1.82, 2.24) is 4.90 Å². The minimum Gasteiger partial charge on any atom is -0.575 e. The lowest BCUT2D eigenvalue weighted by Crippen LogP contribution is -2.49. The standard InChI is InChI=1S/C17H25NO4/c1-16(2)21-14(19)13(15(20)22-16)17(18-9-5-6-10-18)11-7-3-4-8-12(11)17/h11-12,19H,3-10H2,1-2H3/p-1/t11-,12+,17?. The van der Waals surface area contributed by atoms with E-state index in [1.807, 2.05) is 0 Å². The summed E-state index contributed by atoms with van der Waals surface area (Å²) in [7, 11) is 0. The maximum atomic E-state index is 12.6. The Kier molecular flexibility index (Phi) is 3.03. The molecule has 2 heterocycles. The molecule has 4 aliphatic rings. The number of cyclic esters (lactones) is 1. The van der Waals surface area contributed by atoms with Crippen LogP contribution in [0.15, 0.2) is 11.5 Å². The minimum atomic E-state index is -1.15. The van der Waals surface area contributed by atoms with Crippen molar-refractivity contribution in [2.75, 3.05) is 13.1 Å². The highest BCUT2D eigenvalue weighted by Crippen LogP contribution is 2.66. The molecule has 0 amide bonds. The molecule has 0 aromatic heterocycles. The SMILES string of the molecule is CC1(C)OC(=O)C(C2(N3CCCC3)[C@@H]3CCCC[C@@H]32)=C([O-])O1. The first-order chi connectivity index (χ1) is 10.5. The molecule has 1 saturated heterocycles. The molecular weight excluding hydrogens is 282 g/mol. The Hall–Kier alpha value is -1.23. The molecule has 5 heteroatoms. The zero-order valence-electron chi connectivity index (χ0n) is 13.4. The summed E-state index contributed by atoms with van der Waals surface area (Å²) in [6.07, 6.45) is 6.89. The Morgan fingerprint density at radius 2 is 1.64 bits per heavy atom. The summed E-state index contributed by atoms with van der Waals surface area (Å²) >= 11 is 0. The summed E-state index contributed by atoms with van der Waals surface area (Å²) in [6.45, 7) is 5.17. The summed E-state index contributed by atoms with van der Waals surface area (Å²) in [5, 5.41) is 12.6. The highest BCUT2D eigenvalue weighted by atomic mass is 16.8. The van der Waals surface area contributed by atoms with E-state index in [9.17, 15) is 9.90 Å². The fraction of sp³-hybridized carbons (Fsp3) is 0.824. The van der Waals surface area contributed by atoms with Gasteiger partial charge >= 0.3 is 5.97 Å². The van der Waals surface area contributed by atoms with Crippen molar-refractivity contribution >= 4 is 5.97 Å². The van der Waals surface area contributed by atoms with Crippen molar-refractivity contribution in [2.24, 2.45) is 11.8 Å². The van der Waals surface area contributed by atoms with Crippen LogP contribution in [0.25, 0.3) is 0 Å². The van der Waals surface area contributed by atoms with Gasteiger partial charge in [-0.15, -0.1) is 0 Å². The lowest BCUT2D eigenvalue weighted by molar-refractivity contribution is -0.395. The van der Waals surface area contributed by atoms with E-state index in [1.165, 1.54) is 12.8 Å². The number of rotatable bonds is 2. The Balaban J connectivity index is 1.77. The van der Waals surface area contributed by atoms with Crippen LogP contribution in [0.5, 0.6) is 0 Å². The lowest BCUT2D eigenvalue weighted by Gasteiger charge is -2.43. The van der Waals surface area contributed by atoms with Gasteiger partial charge in [-0.05, 0) is 64.5 Å². The van der Waals surface area contributed by atoms with Crippen molar-refractivity contribution in [3.63, 3.8) is 0 Å². The maximum Gasteiger partial charge on any atom is 0.339 e. The van der Waals surface area contributed by atoms with Gasteiger partial charge in [-0.3, -0.25) is 4.90 Å². The Labute approximate surface area is 131 Å². The zero-order valence-corrected chi connectivity index (χ0v) is 13.4. The molecule has 2 saturated carbocycles. The number of likely N-dealkylation sites (tertiary alicyclic amines) is 1. The van der Waals surface area contributed by atoms with Gasteiger partial charge in [-0.1, -0.05) is 12.8 Å². The summed E-state index contributed by atoms with van der Waals surface area (Å²) in [4.78, 5) is 15.0. The first-order valence-electron chi connectivity index (χ1n) is 8.56. The number of carbonyl (C=O) groups excluding carboxylic acids is 1. The highest BCUT2D eigenvalue weighted by molar-refractivity contribution is 5.93. The van der Waals surface area contributed by atoms with Crippen LogP contribution in [0.4, 0.5) is 0 Å². The van der Waals surface area contributed by atoms with Crippen LogP contribution in [0.1, 0.15) is 52.4 Å². The van der Waals surface area contributed by atoms with Crippen LogP contribution in [-0.4, -0.2) is 35.3 Å². The first kappa shape index (κ1) is 14.4. The molecule has 3 fully saturated rings. The van der Waals surface area contributed by atoms with Crippen LogP contribution < -0.4 is 5.11 Å². The third-order valence-electron chi connectivity index (χ3n) is 5.90. The van der Waals surface area contributed by atoms with E-state index in [4.69, 9.17) is 9.47 Å². The topological polar surface area (TPSA) is 61.8 Å². The molecule has 0 N–H and O–H groups in total. The largest absolute Gasteiger partial charge is 0.575 e. The van der Waals surface area contributed by atoms with E-state index in [0.29, 0.717) is 11.8 Å². The molecule has 0 aromatic carbocycles. The third-order valence-corrected chi connectivity index (χ3v) is 5.90. The Morgan fingerprint density at radius 3 is 2.18 bits per heavy atom. The fourth-order valence-corrected chi connectivity index (χ4v) is 5.16. The second kappa shape index (κ2) is 4.63. The number of ether oxygens (including phenoxy) is 2. The second-order valence-electron chi connectivity index (χ2n) is 7.57. The molecule has 0 spiro atoms. The van der Waals surface area contributed by atoms with E-state index < -0.39 is 23.2 Å². The summed E-state index contributed by atoms with van der Waals surface area (Å²) in [5.41, 5.74) is -0.108. The van der Waals surface area contributed by atoms with E-state index in [1.54, 1.807) is 13.8 Å². The Bertz CT molecular complexity index is 521. The quantitative estimate of drug-likeness (QED) is 0.724. The fourth-order valence-electron chi connectivity index (χ4n) is 5.16. The molecule has 122 valence electrons. The molecule has 5 nitrogen and oxygen atoms in total. The molecule has 1 unspecified atom stereocenters. The normalized spacial score (nSPS) is 40.9. The zero-order chi connectivity index (χ0) is 15.5. The van der Waals surface area contributed by atoms with Crippen molar-refractivity contribution in [1.29, 1.82) is 0 Å². The van der Waals surface area contributed by atoms with Gasteiger partial charge in [0.05, 0.1) is 17.1 Å². The van der Waals surface area contributed by atoms with Gasteiger partial charge in [-0.25, -0.2) is 4.79 Å². The number of hydrogen-bond acceptors (Lipinski definition) is 5. The predicted molar refractivity (Wildman–Crippen MR) is 77.3 cm³/mol. The smallest absolute Gasteiger partial charge is 0.339 e. The van der Waals surface area contributed by atoms with Gasteiger partial charge < -0.3 is 14.6 Å². The monoisotopic (exact) mass is 306 g/mol. The van der Waals surface area contributed by atoms with Gasteiger partial charge in [0.15, 0.2) is 5.79 Å². The predicted octanol–water partition coefficient (Wildman–Crippen LogP) is 1.52. The molecule has 3 atom stereocenters. The lowest BCUT2D eigenvalue weighted by atomic mass is 9.98. The number of fused-ring (bicyclic) bond motifs is 1. The molecule has 2 aliphatic heterocycles. The maximum absolute atomic E-state index is 12.6. The number of nitrogens with zero attached hydrogens (tertiary/aromatic N) is 1. The summed E-state index contributed by atoms with van der Waals surface area (Å²) in [5.74, 6) is -1.21. The number of hydrogen-bond donors (Lipinski definition) is 0. The van der Waals surface area contributed by atoms with Gasteiger partial charge in [0, 0.05) is 0 Å². The second-order valence-corrected chi connectivity index (χ2v) is 7.57. The van der Waals surface area contributed by atoms with Crippen molar-refractivity contribution in [3.8, 4) is 0 Å². The minimum absolute atomic E-state index is 0.283. The van der Waals surface area contributed by atoms with E-state index >= 15 is 0 Å². The molecule has 0 aromatic rings. The van der Waals surface area contributed by atoms with Crippen LogP contribution in [-0.2, 0) is 14.3 Å². The van der Waals surface area contributed by atoms with Gasteiger partial charge in [-0.2, -0.15) is 0 Å². The highest BCUT2D eigenvalue weighted by Gasteiger charge is 2.71. The van der Waals surface area contributed by atoms with Crippen LogP contribution >= 0.6 is 0 Å². The van der Waals surface area contributed by atoms with Gasteiger partial charge in [0.1, 0.15) is 0 Å². The van der Waals surface area contributed by atoms with Crippen molar-refractivity contribution in [2.45, 2.75) is 63.7 Å². The molecule has 0 bridgehead atoms. The van der Waals surface area contributed by atoms with Crippen molar-refractivity contribution in [3.05, 3.63) is 11.5 Å². The molecule has 4 rings (SSSR count). The van der Waals surface area contributed by atoms with E-state index in [0.717, 1.165) is 38.8 Å². The molecule has 0 radical (unpaired) electrons. The first-order valence-corrected chi connectivity index (χ1v) is 8.56. The number of esters is 1. The van der Waals surface area contributed by atoms with Crippen LogP contribution in [0.3, 0.4) is 0 Å². The summed E-state index contributed by atoms with van der Waals surface area (Å²) < 4.78 is 10.8. The Morgan fingerprint density at radius 1 is 1.05 bits per heavy atom. The molecular formula is C17H24NO4-. The third kappa shape index (κ3) is 1.84. The molecule has 2 aliphatic carbocycles. The average molecular weight is 306 g/mol. The van der Waals surface area contributed by atoms with Crippen LogP contribution in [0.2, 0.25) is 0 Å². The average Bonchev–Trinajstić information content (AvgIpc) is 2.83. The number of carbonyl (C=O) groups is 1. The molecule has 22 heavy (non-hydrogen) atoms. The van der Waals surface area contributed by atoms with Gasteiger partial charge in [0.25, 0.3) is 0 Å². The van der Waals surface area contributed by atoms with E-state index in [-0.39, 0.29) is 5.57 Å². The summed E-state index contributed by atoms with van der Waals surface area (Å²) in [6, 6.07) is 0. The van der Waals surface area contributed by atoms with E-state index in [2.05, 4.69) is 4.90 Å². The van der Waals surface area contributed by atoms with Crippen molar-refractivity contribution < 1.29 is 19.4 Å². The van der Waals surface area contributed by atoms with Crippen LogP contribution in [0, 0.1) is 11.8 Å².